The molecule has 1 heterocycles. The minimum atomic E-state index is -4.60. The molecule has 0 aliphatic rings. The largest absolute Gasteiger partial charge is 0.462 e. The molecule has 0 aliphatic carbocycles. The smallest absolute Gasteiger partial charge is 0.416 e. The average Bonchev–Trinajstić information content (AvgIpc) is 3.14. The van der Waals surface area contributed by atoms with E-state index in [4.69, 9.17) is 4.74 Å². The first-order valence-corrected chi connectivity index (χ1v) is 11.5. The van der Waals surface area contributed by atoms with E-state index in [1.165, 1.54) is 12.1 Å². The fourth-order valence-corrected chi connectivity index (χ4v) is 4.52. The fraction of sp³-hybridized carbons (Fsp3) is 0.200. The lowest BCUT2D eigenvalue weighted by atomic mass is 10.1. The van der Waals surface area contributed by atoms with Gasteiger partial charge in [-0.1, -0.05) is 23.9 Å². The molecule has 4 aromatic rings. The van der Waals surface area contributed by atoms with E-state index in [0.29, 0.717) is 27.8 Å². The first-order chi connectivity index (χ1) is 16.7. The van der Waals surface area contributed by atoms with E-state index in [9.17, 15) is 26.7 Å². The van der Waals surface area contributed by atoms with Gasteiger partial charge in [-0.25, -0.2) is 18.6 Å². The number of thioether (sulfide) groups is 1. The van der Waals surface area contributed by atoms with E-state index in [1.807, 2.05) is 0 Å². The maximum Gasteiger partial charge on any atom is 0.416 e. The van der Waals surface area contributed by atoms with Crippen LogP contribution in [0.1, 0.15) is 34.0 Å². The normalized spacial score (nSPS) is 11.7. The predicted octanol–water partition coefficient (Wildman–Crippen LogP) is 6.85. The van der Waals surface area contributed by atoms with Crippen molar-refractivity contribution in [3.05, 3.63) is 94.6 Å². The lowest BCUT2D eigenvalue weighted by Crippen LogP contribution is -2.06. The Morgan fingerprint density at radius 1 is 1.06 bits per heavy atom. The number of fused-ring (bicyclic) bond motifs is 1. The summed E-state index contributed by atoms with van der Waals surface area (Å²) in [6.45, 7) is 2.10. The number of ether oxygens (including phenoxy) is 1. The highest BCUT2D eigenvalue weighted by molar-refractivity contribution is 7.98. The Morgan fingerprint density at radius 3 is 2.57 bits per heavy atom. The van der Waals surface area contributed by atoms with Gasteiger partial charge in [0.2, 0.25) is 0 Å². The van der Waals surface area contributed by atoms with Crippen molar-refractivity contribution in [2.45, 2.75) is 30.6 Å². The molecule has 0 radical (unpaired) electrons. The molecule has 0 amide bonds. The van der Waals surface area contributed by atoms with Crippen LogP contribution in [0.15, 0.2) is 65.8 Å². The summed E-state index contributed by atoms with van der Waals surface area (Å²) < 4.78 is 74.1. The molecule has 182 valence electrons. The first kappa shape index (κ1) is 24.7. The molecule has 4 rings (SSSR count). The topological polar surface area (TPSA) is 44.1 Å². The zero-order valence-electron chi connectivity index (χ0n) is 18.4. The Hall–Kier alpha value is -3.40. The molecule has 0 aliphatic heterocycles. The molecule has 1 aromatic heterocycles. The third-order valence-corrected chi connectivity index (χ3v) is 6.21. The zero-order chi connectivity index (χ0) is 25.2. The van der Waals surface area contributed by atoms with Crippen molar-refractivity contribution >= 4 is 28.8 Å². The van der Waals surface area contributed by atoms with Crippen LogP contribution < -0.4 is 0 Å². The Morgan fingerprint density at radius 2 is 1.86 bits per heavy atom. The SMILES string of the molecule is CCOC(=O)c1ccc2c(c1)nc(SCc1cc(C(F)(F)F)ccc1F)n2Cc1cccc(F)c1. The molecule has 0 fully saturated rings. The Bertz CT molecular complexity index is 1380. The highest BCUT2D eigenvalue weighted by atomic mass is 32.2. The number of imidazole rings is 1. The van der Waals surface area contributed by atoms with Gasteiger partial charge in [-0.3, -0.25) is 0 Å². The van der Waals surface area contributed by atoms with Gasteiger partial charge >= 0.3 is 12.1 Å². The number of hydrogen-bond donors (Lipinski definition) is 0. The summed E-state index contributed by atoms with van der Waals surface area (Å²) in [4.78, 5) is 16.7. The maximum absolute atomic E-state index is 14.3. The van der Waals surface area contributed by atoms with Crippen LogP contribution in [-0.2, 0) is 23.2 Å². The van der Waals surface area contributed by atoms with Gasteiger partial charge in [-0.05, 0) is 66.6 Å². The third-order valence-electron chi connectivity index (χ3n) is 5.18. The van der Waals surface area contributed by atoms with Crippen molar-refractivity contribution in [3.8, 4) is 0 Å². The van der Waals surface area contributed by atoms with Crippen molar-refractivity contribution in [1.82, 2.24) is 9.55 Å². The third kappa shape index (κ3) is 5.64. The molecule has 4 nitrogen and oxygen atoms in total. The number of halogens is 5. The minimum Gasteiger partial charge on any atom is -0.462 e. The second-order valence-electron chi connectivity index (χ2n) is 7.63. The Kier molecular flexibility index (Phi) is 7.11. The maximum atomic E-state index is 14.3. The highest BCUT2D eigenvalue weighted by Gasteiger charge is 2.31. The molecule has 3 aromatic carbocycles. The molecule has 0 unspecified atom stereocenters. The van der Waals surface area contributed by atoms with Gasteiger partial charge in [0.25, 0.3) is 0 Å². The number of rotatable bonds is 7. The number of esters is 1. The van der Waals surface area contributed by atoms with E-state index in [1.54, 1.807) is 41.8 Å². The van der Waals surface area contributed by atoms with Crippen molar-refractivity contribution < 1.29 is 31.5 Å². The van der Waals surface area contributed by atoms with E-state index >= 15 is 0 Å². The standard InChI is InChI=1S/C25H19F5N2O2S/c1-2-34-23(33)16-6-9-22-21(12-16)31-24(32(22)13-15-4-3-5-19(26)10-15)35-14-17-11-18(25(28,29)30)7-8-20(17)27/h3-12H,2,13-14H2,1H3. The van der Waals surface area contributed by atoms with Crippen LogP contribution in [0, 0.1) is 11.6 Å². The van der Waals surface area contributed by atoms with E-state index in [2.05, 4.69) is 4.98 Å². The molecule has 0 saturated carbocycles. The second-order valence-corrected chi connectivity index (χ2v) is 8.57. The van der Waals surface area contributed by atoms with Gasteiger partial charge in [-0.15, -0.1) is 0 Å². The highest BCUT2D eigenvalue weighted by Crippen LogP contribution is 2.33. The molecule has 10 heteroatoms. The molecule has 0 saturated heterocycles. The van der Waals surface area contributed by atoms with Crippen LogP contribution in [-0.4, -0.2) is 22.1 Å². The molecule has 35 heavy (non-hydrogen) atoms. The van der Waals surface area contributed by atoms with Gasteiger partial charge in [0.1, 0.15) is 11.6 Å². The molecule has 0 N–H and O–H groups in total. The van der Waals surface area contributed by atoms with E-state index in [-0.39, 0.29) is 30.0 Å². The summed E-state index contributed by atoms with van der Waals surface area (Å²) in [7, 11) is 0. The molecular weight excluding hydrogens is 487 g/mol. The lowest BCUT2D eigenvalue weighted by Gasteiger charge is -2.11. The number of aromatic nitrogens is 2. The lowest BCUT2D eigenvalue weighted by molar-refractivity contribution is -0.137. The molecule has 0 bridgehead atoms. The fourth-order valence-electron chi connectivity index (χ4n) is 3.53. The summed E-state index contributed by atoms with van der Waals surface area (Å²) in [5.41, 5.74) is 0.914. The van der Waals surface area contributed by atoms with Crippen molar-refractivity contribution in [2.24, 2.45) is 0 Å². The summed E-state index contributed by atoms with van der Waals surface area (Å²) in [5.74, 6) is -1.82. The summed E-state index contributed by atoms with van der Waals surface area (Å²) in [5, 5.41) is 0.377. The number of alkyl halides is 3. The summed E-state index contributed by atoms with van der Waals surface area (Å²) >= 11 is 1.04. The van der Waals surface area contributed by atoms with Crippen LogP contribution in [0.3, 0.4) is 0 Å². The molecule has 0 spiro atoms. The monoisotopic (exact) mass is 506 g/mol. The summed E-state index contributed by atoms with van der Waals surface area (Å²) in [6.07, 6.45) is -4.60. The molecular formula is C25H19F5N2O2S. The minimum absolute atomic E-state index is 0.118. The van der Waals surface area contributed by atoms with E-state index < -0.39 is 29.3 Å². The second kappa shape index (κ2) is 10.1. The molecule has 0 atom stereocenters. The van der Waals surface area contributed by atoms with Crippen molar-refractivity contribution in [2.75, 3.05) is 6.61 Å². The predicted molar refractivity (Wildman–Crippen MR) is 122 cm³/mol. The number of nitrogens with zero attached hydrogens (tertiary/aromatic N) is 2. The van der Waals surface area contributed by atoms with Crippen LogP contribution in [0.2, 0.25) is 0 Å². The Balaban J connectivity index is 1.72. The zero-order valence-corrected chi connectivity index (χ0v) is 19.2. The number of benzene rings is 3. The van der Waals surface area contributed by atoms with Crippen molar-refractivity contribution in [3.63, 3.8) is 0 Å². The average molecular weight is 506 g/mol. The first-order valence-electron chi connectivity index (χ1n) is 10.6. The quantitative estimate of drug-likeness (QED) is 0.156. The van der Waals surface area contributed by atoms with E-state index in [0.717, 1.165) is 23.9 Å². The number of hydrogen-bond acceptors (Lipinski definition) is 4. The van der Waals surface area contributed by atoms with Crippen molar-refractivity contribution in [1.29, 1.82) is 0 Å². The van der Waals surface area contributed by atoms with Crippen LogP contribution in [0.4, 0.5) is 22.0 Å². The Labute approximate surface area is 201 Å². The van der Waals surface area contributed by atoms with Gasteiger partial charge in [0.15, 0.2) is 5.16 Å². The van der Waals surface area contributed by atoms with Gasteiger partial charge in [-0.2, -0.15) is 13.2 Å². The summed E-state index contributed by atoms with van der Waals surface area (Å²) in [6, 6.07) is 13.0. The van der Waals surface area contributed by atoms with Crippen LogP contribution in [0.5, 0.6) is 0 Å². The van der Waals surface area contributed by atoms with Crippen LogP contribution in [0.25, 0.3) is 11.0 Å². The van der Waals surface area contributed by atoms with Gasteiger partial charge < -0.3 is 9.30 Å². The van der Waals surface area contributed by atoms with Gasteiger partial charge in [0.05, 0.1) is 35.3 Å². The number of carbonyl (C=O) groups is 1. The van der Waals surface area contributed by atoms with Gasteiger partial charge in [0, 0.05) is 5.75 Å². The number of carbonyl (C=O) groups excluding carboxylic acids is 1. The van der Waals surface area contributed by atoms with Crippen LogP contribution >= 0.6 is 11.8 Å².